The number of nitrogens with one attached hydrogen (secondary N) is 2. The molecule has 4 rings (SSSR count). The van der Waals surface area contributed by atoms with Gasteiger partial charge in [-0.15, -0.1) is 0 Å². The van der Waals surface area contributed by atoms with Crippen molar-refractivity contribution in [3.05, 3.63) is 75.8 Å². The molecule has 1 aliphatic rings. The monoisotopic (exact) mass is 459 g/mol. The molecule has 0 spiro atoms. The number of ether oxygens (including phenoxy) is 1. The largest absolute Gasteiger partial charge is 0.379 e. The lowest BCUT2D eigenvalue weighted by atomic mass is 10.1. The van der Waals surface area contributed by atoms with E-state index in [-0.39, 0.29) is 29.3 Å². The minimum Gasteiger partial charge on any atom is -0.379 e. The Morgan fingerprint density at radius 2 is 1.81 bits per heavy atom. The van der Waals surface area contributed by atoms with Crippen LogP contribution < -0.4 is 10.9 Å². The van der Waals surface area contributed by atoms with Crippen molar-refractivity contribution in [3.8, 4) is 0 Å². The molecular formula is C22H22FN3O5S. The zero-order valence-electron chi connectivity index (χ0n) is 17.1. The molecule has 0 bridgehead atoms. The van der Waals surface area contributed by atoms with Crippen molar-refractivity contribution < 1.29 is 22.3 Å². The number of morpholine rings is 1. The van der Waals surface area contributed by atoms with E-state index in [0.717, 1.165) is 0 Å². The Labute approximate surface area is 184 Å². The zero-order valence-corrected chi connectivity index (χ0v) is 18.0. The quantitative estimate of drug-likeness (QED) is 0.583. The predicted octanol–water partition coefficient (Wildman–Crippen LogP) is 1.66. The number of pyridine rings is 1. The van der Waals surface area contributed by atoms with Gasteiger partial charge >= 0.3 is 0 Å². The first-order valence-corrected chi connectivity index (χ1v) is 11.6. The number of halogens is 1. The number of amides is 1. The maximum absolute atomic E-state index is 13.3. The molecule has 2 aromatic carbocycles. The minimum absolute atomic E-state index is 0.120. The van der Waals surface area contributed by atoms with E-state index >= 15 is 0 Å². The van der Waals surface area contributed by atoms with Crippen molar-refractivity contribution in [1.82, 2.24) is 14.6 Å². The van der Waals surface area contributed by atoms with Gasteiger partial charge in [-0.3, -0.25) is 9.59 Å². The third-order valence-corrected chi connectivity index (χ3v) is 7.20. The lowest BCUT2D eigenvalue weighted by molar-refractivity contribution is 0.0730. The summed E-state index contributed by atoms with van der Waals surface area (Å²) in [5.41, 5.74) is 0.857. The average Bonchev–Trinajstić information content (AvgIpc) is 2.80. The summed E-state index contributed by atoms with van der Waals surface area (Å²) in [4.78, 5) is 27.4. The molecule has 1 fully saturated rings. The molecule has 32 heavy (non-hydrogen) atoms. The first-order chi connectivity index (χ1) is 15.3. The number of H-pyrrole nitrogens is 1. The van der Waals surface area contributed by atoms with Crippen LogP contribution in [-0.2, 0) is 21.2 Å². The van der Waals surface area contributed by atoms with Crippen molar-refractivity contribution in [2.24, 2.45) is 0 Å². The van der Waals surface area contributed by atoms with Crippen LogP contribution in [0.4, 0.5) is 4.39 Å². The number of hydrogen-bond acceptors (Lipinski definition) is 5. The number of carbonyl (C=O) groups is 1. The summed E-state index contributed by atoms with van der Waals surface area (Å²) in [5.74, 6) is -0.809. The second-order valence-corrected chi connectivity index (χ2v) is 9.34. The van der Waals surface area contributed by atoms with Gasteiger partial charge in [0, 0.05) is 30.8 Å². The fourth-order valence-corrected chi connectivity index (χ4v) is 4.94. The van der Waals surface area contributed by atoms with Crippen molar-refractivity contribution >= 4 is 26.8 Å². The molecule has 0 atom stereocenters. The van der Waals surface area contributed by atoms with E-state index in [2.05, 4.69) is 10.3 Å². The summed E-state index contributed by atoms with van der Waals surface area (Å²) in [7, 11) is -3.62. The maximum Gasteiger partial charge on any atom is 0.251 e. The number of carbonyl (C=O) groups excluding carboxylic acids is 1. The van der Waals surface area contributed by atoms with E-state index in [1.807, 2.05) is 0 Å². The molecule has 0 aliphatic carbocycles. The molecule has 2 N–H and O–H groups in total. The van der Waals surface area contributed by atoms with Crippen LogP contribution in [0.1, 0.15) is 15.9 Å². The van der Waals surface area contributed by atoms with Gasteiger partial charge in [0.1, 0.15) is 5.82 Å². The van der Waals surface area contributed by atoms with Gasteiger partial charge in [0.2, 0.25) is 10.0 Å². The fourth-order valence-electron chi connectivity index (χ4n) is 3.53. The van der Waals surface area contributed by atoms with Crippen LogP contribution in [0.5, 0.6) is 0 Å². The Kier molecular flexibility index (Phi) is 6.35. The highest BCUT2D eigenvalue weighted by Gasteiger charge is 2.26. The lowest BCUT2D eigenvalue weighted by Gasteiger charge is -2.26. The van der Waals surface area contributed by atoms with E-state index in [0.29, 0.717) is 48.3 Å². The number of nitrogens with zero attached hydrogens (tertiary/aromatic N) is 1. The number of fused-ring (bicyclic) bond motifs is 1. The number of hydrogen-bond donors (Lipinski definition) is 2. The summed E-state index contributed by atoms with van der Waals surface area (Å²) in [6, 6.07) is 11.6. The molecule has 0 unspecified atom stereocenters. The molecule has 0 saturated carbocycles. The van der Waals surface area contributed by atoms with Crippen LogP contribution in [-0.4, -0.2) is 56.5 Å². The van der Waals surface area contributed by atoms with Gasteiger partial charge in [0.25, 0.3) is 11.5 Å². The van der Waals surface area contributed by atoms with Gasteiger partial charge in [0.05, 0.1) is 23.6 Å². The molecule has 1 aromatic heterocycles. The second-order valence-electron chi connectivity index (χ2n) is 7.40. The SMILES string of the molecule is O=C(NCCc1cc2ccc(F)cc2[nH]c1=O)c1ccc(S(=O)(=O)N2CCOCC2)cc1. The van der Waals surface area contributed by atoms with E-state index in [9.17, 15) is 22.4 Å². The number of rotatable bonds is 6. The Bertz CT molecular complexity index is 1300. The van der Waals surface area contributed by atoms with Crippen molar-refractivity contribution in [2.45, 2.75) is 11.3 Å². The summed E-state index contributed by atoms with van der Waals surface area (Å²) in [6.45, 7) is 1.52. The normalized spacial score (nSPS) is 15.0. The highest BCUT2D eigenvalue weighted by atomic mass is 32.2. The molecule has 0 radical (unpaired) electrons. The van der Waals surface area contributed by atoms with E-state index in [1.165, 1.54) is 40.7 Å². The van der Waals surface area contributed by atoms with Crippen LogP contribution in [0.3, 0.4) is 0 Å². The maximum atomic E-state index is 13.3. The van der Waals surface area contributed by atoms with Gasteiger partial charge in [0.15, 0.2) is 0 Å². The molecule has 8 nitrogen and oxygen atoms in total. The Hall–Kier alpha value is -3.08. The number of sulfonamides is 1. The highest BCUT2D eigenvalue weighted by molar-refractivity contribution is 7.89. The minimum atomic E-state index is -3.62. The van der Waals surface area contributed by atoms with Crippen LogP contribution in [0.2, 0.25) is 0 Å². The van der Waals surface area contributed by atoms with E-state index in [4.69, 9.17) is 4.74 Å². The Morgan fingerprint density at radius 1 is 1.09 bits per heavy atom. The molecule has 1 aliphatic heterocycles. The van der Waals surface area contributed by atoms with Gasteiger partial charge in [-0.25, -0.2) is 12.8 Å². The standard InChI is InChI=1S/C22H22FN3O5S/c23-18-4-1-16-13-17(22(28)25-20(16)14-18)7-8-24-21(27)15-2-5-19(6-3-15)32(29,30)26-9-11-31-12-10-26/h1-6,13-14H,7-12H2,(H,24,27)(H,25,28). The van der Waals surface area contributed by atoms with Crippen molar-refractivity contribution in [3.63, 3.8) is 0 Å². The Morgan fingerprint density at radius 3 is 2.53 bits per heavy atom. The average molecular weight is 459 g/mol. The predicted molar refractivity (Wildman–Crippen MR) is 117 cm³/mol. The van der Waals surface area contributed by atoms with Gasteiger partial charge in [-0.05, 0) is 60.3 Å². The number of aromatic amines is 1. The van der Waals surface area contributed by atoms with Crippen LogP contribution in [0.15, 0.2) is 58.2 Å². The molecule has 10 heteroatoms. The topological polar surface area (TPSA) is 109 Å². The molecule has 2 heterocycles. The molecule has 3 aromatic rings. The van der Waals surface area contributed by atoms with Crippen LogP contribution >= 0.6 is 0 Å². The van der Waals surface area contributed by atoms with Crippen LogP contribution in [0, 0.1) is 5.82 Å². The molecular weight excluding hydrogens is 437 g/mol. The summed E-state index contributed by atoms with van der Waals surface area (Å²) in [6.07, 6.45) is 0.290. The van der Waals surface area contributed by atoms with Gasteiger partial charge < -0.3 is 15.0 Å². The second kappa shape index (κ2) is 9.19. The molecule has 168 valence electrons. The first kappa shape index (κ1) is 22.1. The van der Waals surface area contributed by atoms with Gasteiger partial charge in [-0.2, -0.15) is 4.31 Å². The Balaban J connectivity index is 1.38. The summed E-state index contributed by atoms with van der Waals surface area (Å²) in [5, 5.41) is 3.42. The molecule has 1 amide bonds. The van der Waals surface area contributed by atoms with Crippen molar-refractivity contribution in [2.75, 3.05) is 32.8 Å². The smallest absolute Gasteiger partial charge is 0.251 e. The first-order valence-electron chi connectivity index (χ1n) is 10.1. The summed E-state index contributed by atoms with van der Waals surface area (Å²) < 4.78 is 45.2. The highest BCUT2D eigenvalue weighted by Crippen LogP contribution is 2.18. The third-order valence-electron chi connectivity index (χ3n) is 5.29. The van der Waals surface area contributed by atoms with Crippen LogP contribution in [0.25, 0.3) is 10.9 Å². The van der Waals surface area contributed by atoms with Crippen molar-refractivity contribution in [1.29, 1.82) is 0 Å². The van der Waals surface area contributed by atoms with E-state index in [1.54, 1.807) is 12.1 Å². The number of aromatic nitrogens is 1. The fraction of sp³-hybridized carbons (Fsp3) is 0.273. The molecule has 1 saturated heterocycles. The lowest BCUT2D eigenvalue weighted by Crippen LogP contribution is -2.40. The third kappa shape index (κ3) is 4.72. The van der Waals surface area contributed by atoms with Gasteiger partial charge in [-0.1, -0.05) is 0 Å². The van der Waals surface area contributed by atoms with E-state index < -0.39 is 15.8 Å². The zero-order chi connectivity index (χ0) is 22.7. The number of benzene rings is 2. The summed E-state index contributed by atoms with van der Waals surface area (Å²) >= 11 is 0.